The number of hydrogen-bond acceptors (Lipinski definition) is 4. The summed E-state index contributed by atoms with van der Waals surface area (Å²) >= 11 is 0. The highest BCUT2D eigenvalue weighted by Crippen LogP contribution is 2.35. The minimum atomic E-state index is -1.12. The van der Waals surface area contributed by atoms with Crippen molar-refractivity contribution in [2.45, 2.75) is 35.8 Å². The molecule has 0 radical (unpaired) electrons. The molecule has 112 valence electrons. The molecule has 1 aromatic heterocycles. The highest BCUT2D eigenvalue weighted by atomic mass is 32.2. The number of methoxy groups -OCH3 is 1. The van der Waals surface area contributed by atoms with Crippen molar-refractivity contribution in [2.75, 3.05) is 7.11 Å². The Hall–Kier alpha value is -1.69. The van der Waals surface area contributed by atoms with Gasteiger partial charge in [0.2, 0.25) is 0 Å². The average molecular weight is 305 g/mol. The number of benzene rings is 1. The van der Waals surface area contributed by atoms with Crippen LogP contribution in [0.5, 0.6) is 5.75 Å². The molecule has 1 fully saturated rings. The van der Waals surface area contributed by atoms with Crippen LogP contribution in [-0.4, -0.2) is 26.1 Å². The lowest BCUT2D eigenvalue weighted by atomic mass is 9.85. The molecule has 0 saturated heterocycles. The van der Waals surface area contributed by atoms with Gasteiger partial charge in [-0.25, -0.2) is 0 Å². The lowest BCUT2D eigenvalue weighted by Gasteiger charge is -2.24. The first kappa shape index (κ1) is 14.3. The summed E-state index contributed by atoms with van der Waals surface area (Å²) in [7, 11) is 2.47. The average Bonchev–Trinajstić information content (AvgIpc) is 2.79. The first-order valence-electron chi connectivity index (χ1n) is 7.09. The van der Waals surface area contributed by atoms with Crippen LogP contribution in [0, 0.1) is 0 Å². The highest BCUT2D eigenvalue weighted by Gasteiger charge is 2.25. The Morgan fingerprint density at radius 1 is 1.29 bits per heavy atom. The summed E-state index contributed by atoms with van der Waals surface area (Å²) < 4.78 is 19.5. The standard InChI is InChI=1S/C15H19N3O2S/c1-18-14(16-17-15(18)11-4-3-5-11)10-21(19)13-8-6-12(20-2)7-9-13/h6-9,11H,3-5,10H2,1-2H3. The largest absolute Gasteiger partial charge is 0.497 e. The SMILES string of the molecule is COc1ccc(S(=O)Cc2nnc(C3CCC3)n2C)cc1. The van der Waals surface area contributed by atoms with Crippen molar-refractivity contribution >= 4 is 10.8 Å². The first-order chi connectivity index (χ1) is 10.2. The molecule has 0 bridgehead atoms. The Labute approximate surface area is 126 Å². The van der Waals surface area contributed by atoms with Crippen molar-refractivity contribution in [1.29, 1.82) is 0 Å². The fraction of sp³-hybridized carbons (Fsp3) is 0.467. The summed E-state index contributed by atoms with van der Waals surface area (Å²) in [4.78, 5) is 0.781. The lowest BCUT2D eigenvalue weighted by molar-refractivity contribution is 0.391. The zero-order valence-corrected chi connectivity index (χ0v) is 13.1. The van der Waals surface area contributed by atoms with Crippen LogP contribution < -0.4 is 4.74 Å². The van der Waals surface area contributed by atoms with Crippen LogP contribution in [0.15, 0.2) is 29.2 Å². The minimum Gasteiger partial charge on any atom is -0.497 e. The van der Waals surface area contributed by atoms with Gasteiger partial charge in [0.1, 0.15) is 17.4 Å². The molecule has 2 aromatic rings. The quantitative estimate of drug-likeness (QED) is 0.851. The summed E-state index contributed by atoms with van der Waals surface area (Å²) in [6.07, 6.45) is 3.64. The molecule has 0 spiro atoms. The molecule has 1 aliphatic rings. The maximum Gasteiger partial charge on any atom is 0.145 e. The normalized spacial score (nSPS) is 16.5. The van der Waals surface area contributed by atoms with E-state index in [-0.39, 0.29) is 0 Å². The van der Waals surface area contributed by atoms with Crippen LogP contribution in [0.25, 0.3) is 0 Å². The second-order valence-electron chi connectivity index (χ2n) is 5.33. The molecule has 6 heteroatoms. The van der Waals surface area contributed by atoms with Crippen LogP contribution in [0.1, 0.15) is 36.8 Å². The molecule has 1 saturated carbocycles. The van der Waals surface area contributed by atoms with Crippen molar-refractivity contribution in [1.82, 2.24) is 14.8 Å². The third kappa shape index (κ3) is 2.85. The van der Waals surface area contributed by atoms with Crippen LogP contribution in [0.3, 0.4) is 0 Å². The van der Waals surface area contributed by atoms with Crippen molar-refractivity contribution < 1.29 is 8.95 Å². The number of aromatic nitrogens is 3. The summed E-state index contributed by atoms with van der Waals surface area (Å²) in [6.45, 7) is 0. The molecule has 1 aliphatic carbocycles. The molecule has 1 heterocycles. The molecule has 21 heavy (non-hydrogen) atoms. The number of nitrogens with zero attached hydrogens (tertiary/aromatic N) is 3. The van der Waals surface area contributed by atoms with Gasteiger partial charge in [0.05, 0.1) is 23.7 Å². The fourth-order valence-corrected chi connectivity index (χ4v) is 3.54. The van der Waals surface area contributed by atoms with E-state index in [1.807, 2.05) is 35.9 Å². The summed E-state index contributed by atoms with van der Waals surface area (Å²) in [5.74, 6) is 3.50. The molecular weight excluding hydrogens is 286 g/mol. The van der Waals surface area contributed by atoms with Crippen LogP contribution in [0.2, 0.25) is 0 Å². The van der Waals surface area contributed by atoms with E-state index in [1.165, 1.54) is 19.3 Å². The first-order valence-corrected chi connectivity index (χ1v) is 8.41. The Morgan fingerprint density at radius 3 is 2.57 bits per heavy atom. The summed E-state index contributed by atoms with van der Waals surface area (Å²) in [5.41, 5.74) is 0. The second kappa shape index (κ2) is 5.97. The maximum atomic E-state index is 12.4. The topological polar surface area (TPSA) is 57.0 Å². The van der Waals surface area contributed by atoms with Gasteiger partial charge < -0.3 is 9.30 Å². The molecule has 1 aromatic carbocycles. The molecule has 5 nitrogen and oxygen atoms in total. The lowest BCUT2D eigenvalue weighted by Crippen LogP contribution is -2.15. The molecule has 1 atom stereocenters. The third-order valence-electron chi connectivity index (χ3n) is 4.05. The molecule has 1 unspecified atom stereocenters. The smallest absolute Gasteiger partial charge is 0.145 e. The van der Waals surface area contributed by atoms with Crippen molar-refractivity contribution in [3.8, 4) is 5.75 Å². The van der Waals surface area contributed by atoms with E-state index in [0.717, 1.165) is 22.3 Å². The van der Waals surface area contributed by atoms with Gasteiger partial charge in [-0.1, -0.05) is 6.42 Å². The zero-order chi connectivity index (χ0) is 14.8. The number of ether oxygens (including phenoxy) is 1. The van der Waals surface area contributed by atoms with Gasteiger partial charge in [-0.05, 0) is 37.1 Å². The van der Waals surface area contributed by atoms with Gasteiger partial charge in [-0.15, -0.1) is 10.2 Å². The fourth-order valence-electron chi connectivity index (χ4n) is 2.45. The van der Waals surface area contributed by atoms with E-state index in [1.54, 1.807) is 7.11 Å². The van der Waals surface area contributed by atoms with Gasteiger partial charge in [0.15, 0.2) is 0 Å². The minimum absolute atomic E-state index is 0.391. The van der Waals surface area contributed by atoms with E-state index in [2.05, 4.69) is 10.2 Å². The van der Waals surface area contributed by atoms with Crippen molar-refractivity contribution in [2.24, 2.45) is 7.05 Å². The predicted molar refractivity (Wildman–Crippen MR) is 80.7 cm³/mol. The van der Waals surface area contributed by atoms with Gasteiger partial charge in [0, 0.05) is 17.9 Å². The Kier molecular flexibility index (Phi) is 4.05. The summed E-state index contributed by atoms with van der Waals surface area (Å²) in [6, 6.07) is 7.31. The number of hydrogen-bond donors (Lipinski definition) is 0. The predicted octanol–water partition coefficient (Wildman–Crippen LogP) is 2.40. The molecule has 0 N–H and O–H groups in total. The Morgan fingerprint density at radius 2 is 2.00 bits per heavy atom. The van der Waals surface area contributed by atoms with Crippen LogP contribution in [0.4, 0.5) is 0 Å². The highest BCUT2D eigenvalue weighted by molar-refractivity contribution is 7.84. The van der Waals surface area contributed by atoms with Gasteiger partial charge in [-0.3, -0.25) is 4.21 Å². The van der Waals surface area contributed by atoms with E-state index < -0.39 is 10.8 Å². The van der Waals surface area contributed by atoms with Crippen LogP contribution >= 0.6 is 0 Å². The van der Waals surface area contributed by atoms with Crippen molar-refractivity contribution in [3.05, 3.63) is 35.9 Å². The summed E-state index contributed by atoms with van der Waals surface area (Å²) in [5, 5.41) is 8.48. The molecule has 3 rings (SSSR count). The molecular formula is C15H19N3O2S. The van der Waals surface area contributed by atoms with E-state index >= 15 is 0 Å². The Bertz CT molecular complexity index is 647. The van der Waals surface area contributed by atoms with Gasteiger partial charge >= 0.3 is 0 Å². The van der Waals surface area contributed by atoms with Crippen LogP contribution in [-0.2, 0) is 23.6 Å². The molecule has 0 amide bonds. The monoisotopic (exact) mass is 305 g/mol. The van der Waals surface area contributed by atoms with Crippen molar-refractivity contribution in [3.63, 3.8) is 0 Å². The second-order valence-corrected chi connectivity index (χ2v) is 6.78. The Balaban J connectivity index is 1.73. The third-order valence-corrected chi connectivity index (χ3v) is 5.37. The van der Waals surface area contributed by atoms with Gasteiger partial charge in [-0.2, -0.15) is 0 Å². The van der Waals surface area contributed by atoms with E-state index in [4.69, 9.17) is 4.74 Å². The zero-order valence-electron chi connectivity index (χ0n) is 12.3. The maximum absolute atomic E-state index is 12.4. The van der Waals surface area contributed by atoms with E-state index in [0.29, 0.717) is 11.7 Å². The molecule has 0 aliphatic heterocycles. The van der Waals surface area contributed by atoms with E-state index in [9.17, 15) is 4.21 Å². The van der Waals surface area contributed by atoms with Gasteiger partial charge in [0.25, 0.3) is 0 Å². The number of rotatable bonds is 5.